The molecule has 0 saturated carbocycles. The first-order chi connectivity index (χ1) is 13.5. The minimum atomic E-state index is -1.82. The van der Waals surface area contributed by atoms with Gasteiger partial charge in [-0.3, -0.25) is 0 Å². The molecule has 0 unspecified atom stereocenters. The van der Waals surface area contributed by atoms with Gasteiger partial charge in [0.1, 0.15) is 0 Å². The van der Waals surface area contributed by atoms with Gasteiger partial charge in [-0.1, -0.05) is 36.9 Å². The summed E-state index contributed by atoms with van der Waals surface area (Å²) in [6.07, 6.45) is 1.95. The minimum absolute atomic E-state index is 0. The van der Waals surface area contributed by atoms with Crippen LogP contribution in [-0.4, -0.2) is 64.5 Å². The van der Waals surface area contributed by atoms with Gasteiger partial charge in [-0.15, -0.1) is 18.7 Å². The third kappa shape index (κ3) is 6.26. The molecule has 0 amide bonds. The molecule has 4 nitrogen and oxygen atoms in total. The monoisotopic (exact) mass is 442 g/mol. The van der Waals surface area contributed by atoms with Crippen molar-refractivity contribution < 1.29 is 12.4 Å². The van der Waals surface area contributed by atoms with Gasteiger partial charge < -0.3 is 12.4 Å². The molecule has 29 heavy (non-hydrogen) atoms. The van der Waals surface area contributed by atoms with Gasteiger partial charge in [-0.2, -0.15) is 0 Å². The average Bonchev–Trinajstić information content (AvgIpc) is 2.74. The standard InChI is InChI=1S/C23H44N4P.ClH/c1-9-22-18-17-19-23(20-22)21-27(16-8)28(24(10-2)11-3,25(12-4)13-5)26(14-6)15-7;/h9,17-20H,1,10-16,21H2,2-8H3;1H/q+1;/p-1. The zero-order valence-corrected chi connectivity index (χ0v) is 21.5. The predicted octanol–water partition coefficient (Wildman–Crippen LogP) is 2.86. The third-order valence-corrected chi connectivity index (χ3v) is 10.8. The van der Waals surface area contributed by atoms with Gasteiger partial charge in [0.05, 0.1) is 6.54 Å². The number of hydrogen-bond donors (Lipinski definition) is 0. The first-order valence-electron chi connectivity index (χ1n) is 11.2. The number of rotatable bonds is 14. The Morgan fingerprint density at radius 2 is 1.14 bits per heavy atom. The summed E-state index contributed by atoms with van der Waals surface area (Å²) in [4.78, 5) is 0. The molecule has 0 spiro atoms. The van der Waals surface area contributed by atoms with E-state index < -0.39 is 7.87 Å². The number of halogens is 1. The van der Waals surface area contributed by atoms with Crippen molar-refractivity contribution in [3.8, 4) is 0 Å². The lowest BCUT2D eigenvalue weighted by molar-refractivity contribution is -0.00000684. The van der Waals surface area contributed by atoms with Crippen molar-refractivity contribution >= 4 is 13.9 Å². The molecule has 0 N–H and O–H groups in total. The Bertz CT molecular complexity index is 540. The van der Waals surface area contributed by atoms with Gasteiger partial charge in [0, 0.05) is 45.8 Å². The summed E-state index contributed by atoms with van der Waals surface area (Å²) in [5.41, 5.74) is 2.57. The molecule has 168 valence electrons. The van der Waals surface area contributed by atoms with Crippen LogP contribution in [-0.2, 0) is 6.54 Å². The lowest BCUT2D eigenvalue weighted by Gasteiger charge is -2.50. The van der Waals surface area contributed by atoms with E-state index in [2.05, 4.69) is 98.0 Å². The molecule has 0 aliphatic carbocycles. The Morgan fingerprint density at radius 1 is 0.724 bits per heavy atom. The SMILES string of the molecule is C=Cc1cccc(CN(CC)[P+](N(CC)CC)(N(CC)CC)N(CC)CC)c1.[Cl-]. The Labute approximate surface area is 187 Å². The van der Waals surface area contributed by atoms with Gasteiger partial charge in [0.25, 0.3) is 0 Å². The second-order valence-corrected chi connectivity index (χ2v) is 10.2. The Balaban J connectivity index is 0.00000784. The van der Waals surface area contributed by atoms with Crippen LogP contribution in [0, 0.1) is 0 Å². The quantitative estimate of drug-likeness (QED) is 0.411. The van der Waals surface area contributed by atoms with Crippen LogP contribution in [0.25, 0.3) is 6.08 Å². The second kappa shape index (κ2) is 14.5. The van der Waals surface area contributed by atoms with Crippen molar-refractivity contribution in [2.45, 2.75) is 55.0 Å². The Morgan fingerprint density at radius 3 is 1.48 bits per heavy atom. The van der Waals surface area contributed by atoms with Gasteiger partial charge in [-0.25, -0.2) is 0 Å². The molecule has 0 aromatic heterocycles. The Kier molecular flexibility index (Phi) is 14.3. The fourth-order valence-corrected chi connectivity index (χ4v) is 9.46. The van der Waals surface area contributed by atoms with Crippen LogP contribution in [0.1, 0.15) is 59.6 Å². The van der Waals surface area contributed by atoms with E-state index in [1.807, 2.05) is 6.08 Å². The maximum Gasteiger partial charge on any atom is 0.308 e. The largest absolute Gasteiger partial charge is 1.00 e. The molecule has 0 aliphatic heterocycles. The third-order valence-electron chi connectivity index (χ3n) is 5.62. The van der Waals surface area contributed by atoms with Crippen molar-refractivity contribution in [2.75, 3.05) is 45.8 Å². The van der Waals surface area contributed by atoms with Crippen LogP contribution in [0.2, 0.25) is 0 Å². The van der Waals surface area contributed by atoms with E-state index in [1.165, 1.54) is 11.1 Å². The maximum absolute atomic E-state index is 3.95. The highest BCUT2D eigenvalue weighted by molar-refractivity contribution is 7.66. The minimum Gasteiger partial charge on any atom is -1.00 e. The summed E-state index contributed by atoms with van der Waals surface area (Å²) in [7, 11) is -1.82. The molecular formula is C23H44ClN4P. The number of nitrogens with zero attached hydrogens (tertiary/aromatic N) is 4. The Hall–Kier alpha value is -0.480. The van der Waals surface area contributed by atoms with Gasteiger partial charge >= 0.3 is 7.87 Å². The van der Waals surface area contributed by atoms with Gasteiger partial charge in [-0.05, 0) is 59.6 Å². The van der Waals surface area contributed by atoms with E-state index >= 15 is 0 Å². The molecule has 0 heterocycles. The fourth-order valence-electron chi connectivity index (χ4n) is 4.31. The fraction of sp³-hybridized carbons (Fsp3) is 0.652. The molecule has 0 bridgehead atoms. The molecule has 1 aromatic carbocycles. The molecule has 0 atom stereocenters. The van der Waals surface area contributed by atoms with Crippen molar-refractivity contribution in [2.24, 2.45) is 0 Å². The van der Waals surface area contributed by atoms with Crippen LogP contribution in [0.3, 0.4) is 0 Å². The lowest BCUT2D eigenvalue weighted by atomic mass is 10.1. The molecule has 1 rings (SSSR count). The van der Waals surface area contributed by atoms with Crippen molar-refractivity contribution in [3.63, 3.8) is 0 Å². The van der Waals surface area contributed by atoms with Crippen LogP contribution in [0.5, 0.6) is 0 Å². The van der Waals surface area contributed by atoms with E-state index in [4.69, 9.17) is 0 Å². The molecule has 0 saturated heterocycles. The first kappa shape index (κ1) is 28.5. The highest BCUT2D eigenvalue weighted by Gasteiger charge is 2.58. The van der Waals surface area contributed by atoms with Crippen molar-refractivity contribution in [1.82, 2.24) is 18.7 Å². The molecule has 6 heteroatoms. The summed E-state index contributed by atoms with van der Waals surface area (Å²) >= 11 is 0. The highest BCUT2D eigenvalue weighted by atomic mass is 35.5. The van der Waals surface area contributed by atoms with Crippen LogP contribution in [0.15, 0.2) is 30.8 Å². The van der Waals surface area contributed by atoms with Crippen molar-refractivity contribution in [1.29, 1.82) is 0 Å². The summed E-state index contributed by atoms with van der Waals surface area (Å²) in [5, 5.41) is 0. The number of hydrogen-bond acceptors (Lipinski definition) is 4. The van der Waals surface area contributed by atoms with Gasteiger partial charge in [0.2, 0.25) is 0 Å². The molecule has 0 aliphatic rings. The maximum atomic E-state index is 3.95. The van der Waals surface area contributed by atoms with E-state index in [-0.39, 0.29) is 12.4 Å². The van der Waals surface area contributed by atoms with E-state index in [1.54, 1.807) is 0 Å². The zero-order valence-electron chi connectivity index (χ0n) is 19.9. The van der Waals surface area contributed by atoms with E-state index in [0.29, 0.717) is 0 Å². The molecule has 0 radical (unpaired) electrons. The molecule has 0 fully saturated rings. The topological polar surface area (TPSA) is 13.0 Å². The van der Waals surface area contributed by atoms with Crippen LogP contribution in [0.4, 0.5) is 0 Å². The first-order valence-corrected chi connectivity index (χ1v) is 12.8. The van der Waals surface area contributed by atoms with Crippen LogP contribution >= 0.6 is 7.87 Å². The lowest BCUT2D eigenvalue weighted by Crippen LogP contribution is -3.00. The average molecular weight is 443 g/mol. The highest BCUT2D eigenvalue weighted by Crippen LogP contribution is 2.70. The van der Waals surface area contributed by atoms with E-state index in [9.17, 15) is 0 Å². The normalized spacial score (nSPS) is 12.1. The summed E-state index contributed by atoms with van der Waals surface area (Å²) < 4.78 is 11.0. The zero-order chi connectivity index (χ0) is 21.2. The summed E-state index contributed by atoms with van der Waals surface area (Å²) in [6.45, 7) is 28.6. The van der Waals surface area contributed by atoms with E-state index in [0.717, 1.165) is 52.4 Å². The second-order valence-electron chi connectivity index (χ2n) is 6.88. The van der Waals surface area contributed by atoms with Crippen molar-refractivity contribution in [3.05, 3.63) is 42.0 Å². The predicted molar refractivity (Wildman–Crippen MR) is 128 cm³/mol. The van der Waals surface area contributed by atoms with Gasteiger partial charge in [0.15, 0.2) is 0 Å². The molecule has 1 aromatic rings. The van der Waals surface area contributed by atoms with Crippen LogP contribution < -0.4 is 12.4 Å². The smallest absolute Gasteiger partial charge is 0.308 e. The number of benzene rings is 1. The molecular weight excluding hydrogens is 399 g/mol. The summed E-state index contributed by atoms with van der Waals surface area (Å²) in [6, 6.07) is 8.84. The summed E-state index contributed by atoms with van der Waals surface area (Å²) in [5.74, 6) is 0.